The maximum absolute atomic E-state index is 13.0. The molecule has 0 aromatic heterocycles. The second-order valence-electron chi connectivity index (χ2n) is 4.40. The number of carbonyl (C=O) groups excluding carboxylic acids is 1. The highest BCUT2D eigenvalue weighted by molar-refractivity contribution is 5.94. The average molecular weight is 257 g/mol. The first-order valence-corrected chi connectivity index (χ1v) is 5.94. The van der Waals surface area contributed by atoms with Crippen molar-refractivity contribution in [3.63, 3.8) is 0 Å². The molecule has 0 N–H and O–H groups in total. The summed E-state index contributed by atoms with van der Waals surface area (Å²) in [4.78, 5) is 12.8. The Morgan fingerprint density at radius 1 is 1.11 bits per heavy atom. The zero-order valence-electron chi connectivity index (χ0n) is 9.78. The zero-order valence-corrected chi connectivity index (χ0v) is 9.78. The van der Waals surface area contributed by atoms with E-state index in [4.69, 9.17) is 0 Å². The first-order chi connectivity index (χ1) is 8.50. The van der Waals surface area contributed by atoms with Crippen LogP contribution in [0.1, 0.15) is 25.7 Å². The van der Waals surface area contributed by atoms with Crippen LogP contribution in [0.15, 0.2) is 30.3 Å². The molecule has 1 aromatic rings. The van der Waals surface area contributed by atoms with Crippen molar-refractivity contribution in [2.24, 2.45) is 0 Å². The molecule has 1 unspecified atom stereocenters. The van der Waals surface area contributed by atoms with Gasteiger partial charge in [0.15, 0.2) is 0 Å². The fourth-order valence-corrected chi connectivity index (χ4v) is 2.26. The van der Waals surface area contributed by atoms with Crippen molar-refractivity contribution >= 4 is 11.6 Å². The molecule has 2 nitrogen and oxygen atoms in total. The molecule has 1 saturated heterocycles. The molecule has 2 rings (SSSR count). The van der Waals surface area contributed by atoms with Crippen molar-refractivity contribution in [2.75, 3.05) is 4.90 Å². The van der Waals surface area contributed by atoms with Crippen LogP contribution in [-0.4, -0.2) is 18.1 Å². The molecule has 1 aliphatic rings. The smallest absolute Gasteiger partial charge is 0.300 e. The topological polar surface area (TPSA) is 20.3 Å². The first-order valence-electron chi connectivity index (χ1n) is 5.94. The number of halogens is 3. The molecule has 1 heterocycles. The molecule has 0 bridgehead atoms. The molecule has 1 atom stereocenters. The highest BCUT2D eigenvalue weighted by Crippen LogP contribution is 2.34. The highest BCUT2D eigenvalue weighted by atomic mass is 19.4. The molecule has 0 radical (unpaired) electrons. The van der Waals surface area contributed by atoms with Crippen LogP contribution in [0.4, 0.5) is 18.9 Å². The highest BCUT2D eigenvalue weighted by Gasteiger charge is 2.46. The molecule has 0 aliphatic carbocycles. The van der Waals surface area contributed by atoms with E-state index in [-0.39, 0.29) is 12.8 Å². The van der Waals surface area contributed by atoms with Gasteiger partial charge in [-0.1, -0.05) is 24.6 Å². The van der Waals surface area contributed by atoms with Gasteiger partial charge in [0.05, 0.1) is 0 Å². The van der Waals surface area contributed by atoms with Crippen LogP contribution in [-0.2, 0) is 4.79 Å². The van der Waals surface area contributed by atoms with Crippen LogP contribution in [0.5, 0.6) is 0 Å². The van der Waals surface area contributed by atoms with Crippen LogP contribution in [0.3, 0.4) is 0 Å². The van der Waals surface area contributed by atoms with Crippen molar-refractivity contribution in [3.05, 3.63) is 30.3 Å². The van der Waals surface area contributed by atoms with Gasteiger partial charge in [0, 0.05) is 12.1 Å². The van der Waals surface area contributed by atoms with Gasteiger partial charge in [-0.05, 0) is 25.0 Å². The van der Waals surface area contributed by atoms with Crippen LogP contribution in [0, 0.1) is 0 Å². The van der Waals surface area contributed by atoms with Crippen molar-refractivity contribution in [1.82, 2.24) is 0 Å². The summed E-state index contributed by atoms with van der Waals surface area (Å²) >= 11 is 0. The number of benzene rings is 1. The predicted octanol–water partition coefficient (Wildman–Crippen LogP) is 3.52. The molecule has 0 saturated carbocycles. The minimum atomic E-state index is -4.38. The molecule has 98 valence electrons. The lowest BCUT2D eigenvalue weighted by Crippen LogP contribution is -2.48. The first kappa shape index (κ1) is 12.9. The Bertz CT molecular complexity index is 416. The minimum absolute atomic E-state index is 0.0237. The van der Waals surface area contributed by atoms with Gasteiger partial charge >= 0.3 is 6.18 Å². The lowest BCUT2D eigenvalue weighted by atomic mass is 10.1. The van der Waals surface area contributed by atoms with Gasteiger partial charge in [-0.3, -0.25) is 4.79 Å². The summed E-state index contributed by atoms with van der Waals surface area (Å²) in [6.45, 7) is 0. The summed E-state index contributed by atoms with van der Waals surface area (Å²) in [6.07, 6.45) is -3.27. The Hall–Kier alpha value is -1.52. The summed E-state index contributed by atoms with van der Waals surface area (Å²) in [7, 11) is 0. The molecule has 0 spiro atoms. The van der Waals surface area contributed by atoms with Gasteiger partial charge in [0.25, 0.3) is 0 Å². The summed E-state index contributed by atoms with van der Waals surface area (Å²) in [5.74, 6) is -0.443. The van der Waals surface area contributed by atoms with Crippen LogP contribution >= 0.6 is 0 Å². The van der Waals surface area contributed by atoms with E-state index in [1.54, 1.807) is 30.3 Å². The number of amides is 1. The fourth-order valence-electron chi connectivity index (χ4n) is 2.26. The SMILES string of the molecule is O=C1CCCCC(C(F)(F)F)N1c1ccccc1. The third-order valence-corrected chi connectivity index (χ3v) is 3.11. The average Bonchev–Trinajstić information content (AvgIpc) is 2.51. The maximum atomic E-state index is 13.0. The molecular weight excluding hydrogens is 243 g/mol. The third-order valence-electron chi connectivity index (χ3n) is 3.11. The molecule has 18 heavy (non-hydrogen) atoms. The third kappa shape index (κ3) is 2.66. The minimum Gasteiger partial charge on any atom is -0.300 e. The largest absolute Gasteiger partial charge is 0.409 e. The molecule has 1 amide bonds. The zero-order chi connectivity index (χ0) is 13.2. The van der Waals surface area contributed by atoms with Gasteiger partial charge in [0.1, 0.15) is 6.04 Å². The number of rotatable bonds is 1. The monoisotopic (exact) mass is 257 g/mol. The second kappa shape index (κ2) is 5.00. The Labute approximate surface area is 103 Å². The molecule has 1 aliphatic heterocycles. The van der Waals surface area contributed by atoms with E-state index in [1.165, 1.54) is 0 Å². The van der Waals surface area contributed by atoms with E-state index in [1.807, 2.05) is 0 Å². The summed E-state index contributed by atoms with van der Waals surface area (Å²) in [5, 5.41) is 0. The van der Waals surface area contributed by atoms with Crippen molar-refractivity contribution in [2.45, 2.75) is 37.9 Å². The van der Waals surface area contributed by atoms with Gasteiger partial charge in [-0.25, -0.2) is 0 Å². The van der Waals surface area contributed by atoms with Crippen molar-refractivity contribution in [1.29, 1.82) is 0 Å². The number of hydrogen-bond acceptors (Lipinski definition) is 1. The second-order valence-corrected chi connectivity index (χ2v) is 4.40. The van der Waals surface area contributed by atoms with Crippen LogP contribution in [0.2, 0.25) is 0 Å². The predicted molar refractivity (Wildman–Crippen MR) is 62.2 cm³/mol. The molecule has 1 fully saturated rings. The van der Waals surface area contributed by atoms with Crippen molar-refractivity contribution in [3.8, 4) is 0 Å². The molecular formula is C13H14F3NO. The van der Waals surface area contributed by atoms with Crippen molar-refractivity contribution < 1.29 is 18.0 Å². The number of hydrogen-bond donors (Lipinski definition) is 0. The van der Waals surface area contributed by atoms with E-state index in [0.717, 1.165) is 4.90 Å². The Morgan fingerprint density at radius 3 is 2.39 bits per heavy atom. The van der Waals surface area contributed by atoms with E-state index in [0.29, 0.717) is 18.5 Å². The normalized spacial score (nSPS) is 21.8. The molecule has 5 heteroatoms. The van der Waals surface area contributed by atoms with Crippen LogP contribution < -0.4 is 4.90 Å². The van der Waals surface area contributed by atoms with Crippen LogP contribution in [0.25, 0.3) is 0 Å². The lowest BCUT2D eigenvalue weighted by molar-refractivity contribution is -0.154. The van der Waals surface area contributed by atoms with E-state index < -0.39 is 18.1 Å². The number of para-hydroxylation sites is 1. The molecule has 1 aromatic carbocycles. The van der Waals surface area contributed by atoms with E-state index in [9.17, 15) is 18.0 Å². The van der Waals surface area contributed by atoms with E-state index >= 15 is 0 Å². The Morgan fingerprint density at radius 2 is 1.78 bits per heavy atom. The number of carbonyl (C=O) groups is 1. The van der Waals surface area contributed by atoms with Gasteiger partial charge in [-0.15, -0.1) is 0 Å². The Kier molecular flexibility index (Phi) is 3.59. The van der Waals surface area contributed by atoms with Gasteiger partial charge < -0.3 is 4.90 Å². The van der Waals surface area contributed by atoms with E-state index in [2.05, 4.69) is 0 Å². The Balaban J connectivity index is 2.39. The van der Waals surface area contributed by atoms with Gasteiger partial charge in [-0.2, -0.15) is 13.2 Å². The summed E-state index contributed by atoms with van der Waals surface area (Å²) in [5.41, 5.74) is 0.326. The summed E-state index contributed by atoms with van der Waals surface area (Å²) in [6, 6.07) is 6.38. The lowest BCUT2D eigenvalue weighted by Gasteiger charge is -2.31. The standard InChI is InChI=1S/C13H14F3NO/c14-13(15,16)11-8-4-5-9-12(18)17(11)10-6-2-1-3-7-10/h1-3,6-7,11H,4-5,8-9H2. The van der Waals surface area contributed by atoms with Gasteiger partial charge in [0.2, 0.25) is 5.91 Å². The maximum Gasteiger partial charge on any atom is 0.409 e. The number of nitrogens with zero attached hydrogens (tertiary/aromatic N) is 1. The quantitative estimate of drug-likeness (QED) is 0.753. The fraction of sp³-hybridized carbons (Fsp3) is 0.462. The number of alkyl halides is 3. The summed E-state index contributed by atoms with van der Waals surface area (Å²) < 4.78 is 39.1. The number of anilines is 1.